The number of carbonyl (C=O) groups excluding carboxylic acids is 1. The summed E-state index contributed by atoms with van der Waals surface area (Å²) in [6, 6.07) is 0.153. The van der Waals surface area contributed by atoms with Crippen LogP contribution in [0, 0.1) is 5.92 Å². The highest BCUT2D eigenvalue weighted by Gasteiger charge is 2.38. The molecular weight excluding hydrogens is 292 g/mol. The Labute approximate surface area is 138 Å². The van der Waals surface area contributed by atoms with E-state index in [1.165, 1.54) is 19.3 Å². The molecule has 2 aliphatic rings. The molecular formula is C17H28N4O2. The summed E-state index contributed by atoms with van der Waals surface area (Å²) in [4.78, 5) is 19.1. The lowest BCUT2D eigenvalue weighted by Crippen LogP contribution is -2.45. The monoisotopic (exact) mass is 320 g/mol. The van der Waals surface area contributed by atoms with Crippen LogP contribution >= 0.6 is 0 Å². The SMILES string of the molecule is C[C@@H](NC(=O)N1CC[C@H]2CCCC[C@H]21)c1nc(C(C)(C)C)no1. The van der Waals surface area contributed by atoms with Crippen molar-refractivity contribution < 1.29 is 9.32 Å². The molecule has 6 heteroatoms. The van der Waals surface area contributed by atoms with Crippen LogP contribution in [0.3, 0.4) is 0 Å². The molecule has 0 bridgehead atoms. The second-order valence-corrected chi connectivity index (χ2v) is 7.97. The number of likely N-dealkylation sites (tertiary alicyclic amines) is 1. The van der Waals surface area contributed by atoms with Gasteiger partial charge < -0.3 is 14.7 Å². The van der Waals surface area contributed by atoms with Crippen molar-refractivity contribution in [3.63, 3.8) is 0 Å². The van der Waals surface area contributed by atoms with E-state index < -0.39 is 0 Å². The van der Waals surface area contributed by atoms with E-state index in [1.807, 2.05) is 32.6 Å². The molecule has 6 nitrogen and oxygen atoms in total. The van der Waals surface area contributed by atoms with Gasteiger partial charge in [-0.3, -0.25) is 0 Å². The summed E-state index contributed by atoms with van der Waals surface area (Å²) in [5.41, 5.74) is -0.157. The summed E-state index contributed by atoms with van der Waals surface area (Å²) in [6.45, 7) is 8.88. The Hall–Kier alpha value is -1.59. The maximum atomic E-state index is 12.6. The molecule has 0 radical (unpaired) electrons. The van der Waals surface area contributed by atoms with Gasteiger partial charge in [0.15, 0.2) is 5.82 Å². The number of hydrogen-bond donors (Lipinski definition) is 1. The fraction of sp³-hybridized carbons (Fsp3) is 0.824. The molecule has 23 heavy (non-hydrogen) atoms. The molecule has 1 aliphatic heterocycles. The fourth-order valence-electron chi connectivity index (χ4n) is 3.70. The number of hydrogen-bond acceptors (Lipinski definition) is 4. The van der Waals surface area contributed by atoms with Crippen molar-refractivity contribution in [1.82, 2.24) is 20.4 Å². The van der Waals surface area contributed by atoms with Crippen molar-refractivity contribution in [2.24, 2.45) is 5.92 Å². The lowest BCUT2D eigenvalue weighted by Gasteiger charge is -2.32. The first-order chi connectivity index (χ1) is 10.9. The molecule has 1 aliphatic carbocycles. The van der Waals surface area contributed by atoms with Crippen LogP contribution in [0.2, 0.25) is 0 Å². The van der Waals surface area contributed by atoms with Gasteiger partial charge >= 0.3 is 6.03 Å². The molecule has 1 saturated heterocycles. The molecule has 0 aromatic carbocycles. The van der Waals surface area contributed by atoms with E-state index in [0.29, 0.717) is 23.7 Å². The van der Waals surface area contributed by atoms with Gasteiger partial charge in [0.25, 0.3) is 0 Å². The summed E-state index contributed by atoms with van der Waals surface area (Å²) in [5.74, 6) is 1.84. The Morgan fingerprint density at radius 3 is 2.74 bits per heavy atom. The molecule has 0 spiro atoms. The van der Waals surface area contributed by atoms with Crippen LogP contribution in [0.25, 0.3) is 0 Å². The third-order valence-electron chi connectivity index (χ3n) is 5.09. The van der Waals surface area contributed by atoms with Crippen molar-refractivity contribution in [2.75, 3.05) is 6.54 Å². The van der Waals surface area contributed by atoms with E-state index in [2.05, 4.69) is 15.5 Å². The minimum atomic E-state index is -0.270. The van der Waals surface area contributed by atoms with Gasteiger partial charge in [-0.25, -0.2) is 4.79 Å². The van der Waals surface area contributed by atoms with Crippen molar-refractivity contribution in [3.8, 4) is 0 Å². The average Bonchev–Trinajstić information content (AvgIpc) is 3.14. The Balaban J connectivity index is 1.62. The highest BCUT2D eigenvalue weighted by molar-refractivity contribution is 5.75. The zero-order valence-corrected chi connectivity index (χ0v) is 14.6. The average molecular weight is 320 g/mol. The van der Waals surface area contributed by atoms with Gasteiger partial charge in [-0.2, -0.15) is 4.98 Å². The molecule has 1 aromatic heterocycles. The van der Waals surface area contributed by atoms with Gasteiger partial charge in [-0.1, -0.05) is 38.8 Å². The summed E-state index contributed by atoms with van der Waals surface area (Å²) >= 11 is 0. The van der Waals surface area contributed by atoms with Crippen LogP contribution in [0.4, 0.5) is 4.79 Å². The standard InChI is InChI=1S/C17H28N4O2/c1-11(14-19-15(20-23-14)17(2,3)4)18-16(22)21-10-9-12-7-5-6-8-13(12)21/h11-13H,5-10H2,1-4H3,(H,18,22)/t11-,12-,13-/m1/s1. The molecule has 1 saturated carbocycles. The Kier molecular flexibility index (Phi) is 4.34. The van der Waals surface area contributed by atoms with Crippen LogP contribution in [0.5, 0.6) is 0 Å². The molecule has 1 N–H and O–H groups in total. The largest absolute Gasteiger partial charge is 0.337 e. The quantitative estimate of drug-likeness (QED) is 0.906. The van der Waals surface area contributed by atoms with Crippen molar-refractivity contribution in [3.05, 3.63) is 11.7 Å². The van der Waals surface area contributed by atoms with E-state index in [0.717, 1.165) is 19.4 Å². The first-order valence-electron chi connectivity index (χ1n) is 8.77. The summed E-state index contributed by atoms with van der Waals surface area (Å²) in [7, 11) is 0. The number of aromatic nitrogens is 2. The maximum Gasteiger partial charge on any atom is 0.318 e. The van der Waals surface area contributed by atoms with Crippen molar-refractivity contribution in [2.45, 2.75) is 77.3 Å². The number of nitrogens with zero attached hydrogens (tertiary/aromatic N) is 3. The zero-order chi connectivity index (χ0) is 16.6. The van der Waals surface area contributed by atoms with E-state index >= 15 is 0 Å². The summed E-state index contributed by atoms with van der Waals surface area (Å²) in [5, 5.41) is 7.05. The minimum Gasteiger partial charge on any atom is -0.337 e. The highest BCUT2D eigenvalue weighted by atomic mass is 16.5. The van der Waals surface area contributed by atoms with Crippen molar-refractivity contribution >= 4 is 6.03 Å². The van der Waals surface area contributed by atoms with Crippen molar-refractivity contribution in [1.29, 1.82) is 0 Å². The molecule has 3 rings (SSSR count). The zero-order valence-electron chi connectivity index (χ0n) is 14.6. The Morgan fingerprint density at radius 2 is 2.04 bits per heavy atom. The van der Waals surface area contributed by atoms with Gasteiger partial charge in [0.2, 0.25) is 5.89 Å². The lowest BCUT2D eigenvalue weighted by atomic mass is 9.85. The van der Waals surface area contributed by atoms with E-state index in [9.17, 15) is 4.79 Å². The second kappa shape index (κ2) is 6.13. The number of rotatable bonds is 2. The predicted molar refractivity (Wildman–Crippen MR) is 87.0 cm³/mol. The maximum absolute atomic E-state index is 12.6. The first kappa shape index (κ1) is 16.3. The van der Waals surface area contributed by atoms with E-state index in [4.69, 9.17) is 4.52 Å². The second-order valence-electron chi connectivity index (χ2n) is 7.97. The molecule has 1 aromatic rings. The van der Waals surface area contributed by atoms with Crippen LogP contribution < -0.4 is 5.32 Å². The normalized spacial score (nSPS) is 26.0. The number of urea groups is 1. The molecule has 2 fully saturated rings. The van der Waals surface area contributed by atoms with Gasteiger partial charge in [0, 0.05) is 18.0 Å². The number of amides is 2. The Morgan fingerprint density at radius 1 is 1.30 bits per heavy atom. The lowest BCUT2D eigenvalue weighted by molar-refractivity contribution is 0.165. The Bertz CT molecular complexity index is 563. The first-order valence-corrected chi connectivity index (χ1v) is 8.77. The van der Waals surface area contributed by atoms with Crippen LogP contribution in [0.1, 0.15) is 77.6 Å². The predicted octanol–water partition coefficient (Wildman–Crippen LogP) is 3.40. The van der Waals surface area contributed by atoms with Crippen LogP contribution in [0.15, 0.2) is 4.52 Å². The third kappa shape index (κ3) is 3.35. The van der Waals surface area contributed by atoms with Gasteiger partial charge in [0.1, 0.15) is 6.04 Å². The van der Waals surface area contributed by atoms with Gasteiger partial charge in [-0.05, 0) is 32.1 Å². The highest BCUT2D eigenvalue weighted by Crippen LogP contribution is 2.36. The number of fused-ring (bicyclic) bond motifs is 1. The van der Waals surface area contributed by atoms with Gasteiger partial charge in [-0.15, -0.1) is 0 Å². The fourth-order valence-corrected chi connectivity index (χ4v) is 3.70. The third-order valence-corrected chi connectivity index (χ3v) is 5.09. The molecule has 128 valence electrons. The molecule has 0 unspecified atom stereocenters. The van der Waals surface area contributed by atoms with Gasteiger partial charge in [0.05, 0.1) is 0 Å². The summed E-state index contributed by atoms with van der Waals surface area (Å²) in [6.07, 6.45) is 6.09. The van der Waals surface area contributed by atoms with Crippen LogP contribution in [-0.2, 0) is 5.41 Å². The molecule has 3 atom stereocenters. The van der Waals surface area contributed by atoms with Crippen LogP contribution in [-0.4, -0.2) is 33.7 Å². The molecule has 2 amide bonds. The van der Waals surface area contributed by atoms with E-state index in [-0.39, 0.29) is 17.5 Å². The number of nitrogens with one attached hydrogen (secondary N) is 1. The summed E-state index contributed by atoms with van der Waals surface area (Å²) < 4.78 is 5.33. The smallest absolute Gasteiger partial charge is 0.318 e. The van der Waals surface area contributed by atoms with E-state index in [1.54, 1.807) is 0 Å². The minimum absolute atomic E-state index is 0.00223. The molecule has 2 heterocycles. The topological polar surface area (TPSA) is 71.3 Å². The number of carbonyl (C=O) groups is 1.